The first-order valence-corrected chi connectivity index (χ1v) is 4.17. The lowest BCUT2D eigenvalue weighted by Crippen LogP contribution is -2.28. The minimum Gasteiger partial charge on any atom is -0.584 e. The van der Waals surface area contributed by atoms with Crippen LogP contribution in [0.3, 0.4) is 0 Å². The molecule has 0 aliphatic heterocycles. The van der Waals surface area contributed by atoms with E-state index in [0.717, 1.165) is 12.1 Å². The maximum absolute atomic E-state index is 7.43. The normalized spacial score (nSPS) is 20.8. The van der Waals surface area contributed by atoms with E-state index in [4.69, 9.17) is 5.84 Å². The first-order valence-electron chi connectivity index (χ1n) is 4.17. The molecule has 1 rings (SSSR count). The average molecular weight is 179 g/mol. The van der Waals surface area contributed by atoms with Crippen LogP contribution in [0.2, 0.25) is 0 Å². The van der Waals surface area contributed by atoms with Crippen LogP contribution < -0.4 is 0 Å². The van der Waals surface area contributed by atoms with Gasteiger partial charge in [0.15, 0.2) is 0 Å². The van der Waals surface area contributed by atoms with Crippen LogP contribution in [0.4, 0.5) is 0 Å². The van der Waals surface area contributed by atoms with Crippen LogP contribution >= 0.6 is 0 Å². The Bertz CT molecular complexity index is 242. The van der Waals surface area contributed by atoms with Gasteiger partial charge < -0.3 is 10.9 Å². The molecule has 72 valence electrons. The molecular formula is C9H15N4-. The molecule has 0 bridgehead atoms. The van der Waals surface area contributed by atoms with Crippen LogP contribution in [0.1, 0.15) is 6.42 Å². The monoisotopic (exact) mass is 179 g/mol. The van der Waals surface area contributed by atoms with E-state index in [1.165, 1.54) is 5.01 Å². The maximum Gasteiger partial charge on any atom is 0.0704 e. The number of hydrazone groups is 1. The number of nitrogens with zero attached hydrogens (tertiary/aromatic N) is 3. The first kappa shape index (κ1) is 9.80. The molecule has 1 unspecified atom stereocenters. The second-order valence-corrected chi connectivity index (χ2v) is 3.09. The lowest BCUT2D eigenvalue weighted by molar-refractivity contribution is 0.284. The fourth-order valence-electron chi connectivity index (χ4n) is 1.26. The highest BCUT2D eigenvalue weighted by Gasteiger charge is 2.13. The van der Waals surface area contributed by atoms with Crippen LogP contribution in [0.15, 0.2) is 29.0 Å². The number of rotatable bonds is 3. The van der Waals surface area contributed by atoms with Gasteiger partial charge >= 0.3 is 0 Å². The van der Waals surface area contributed by atoms with Crippen molar-refractivity contribution in [1.82, 2.24) is 10.0 Å². The van der Waals surface area contributed by atoms with Gasteiger partial charge in [0.2, 0.25) is 0 Å². The van der Waals surface area contributed by atoms with Crippen LogP contribution in [0, 0.1) is 0 Å². The number of hydrogen-bond acceptors (Lipinski definition) is 3. The van der Waals surface area contributed by atoms with Crippen molar-refractivity contribution in [3.05, 3.63) is 29.8 Å². The summed E-state index contributed by atoms with van der Waals surface area (Å²) in [4.78, 5) is 0. The summed E-state index contributed by atoms with van der Waals surface area (Å²) in [5.41, 5.74) is 0.989. The minimum absolute atomic E-state index is 0.227. The smallest absolute Gasteiger partial charge is 0.0704 e. The number of hydrogen-bond donors (Lipinski definition) is 0. The van der Waals surface area contributed by atoms with E-state index in [1.807, 2.05) is 19.2 Å². The summed E-state index contributed by atoms with van der Waals surface area (Å²) in [5.74, 6) is 7.43. The maximum atomic E-state index is 7.43. The van der Waals surface area contributed by atoms with Crippen molar-refractivity contribution in [3.63, 3.8) is 0 Å². The molecule has 13 heavy (non-hydrogen) atoms. The van der Waals surface area contributed by atoms with Gasteiger partial charge in [0, 0.05) is 20.2 Å². The van der Waals surface area contributed by atoms with E-state index < -0.39 is 0 Å². The van der Waals surface area contributed by atoms with Gasteiger partial charge in [-0.15, -0.1) is 0 Å². The van der Waals surface area contributed by atoms with Crippen molar-refractivity contribution in [3.8, 4) is 0 Å². The van der Waals surface area contributed by atoms with Crippen molar-refractivity contribution < 1.29 is 0 Å². The van der Waals surface area contributed by atoms with Crippen molar-refractivity contribution >= 4 is 6.72 Å². The minimum atomic E-state index is 0.227. The average Bonchev–Trinajstić information content (AvgIpc) is 2.17. The lowest BCUT2D eigenvalue weighted by atomic mass is 10.1. The molecule has 1 atom stereocenters. The molecule has 0 saturated heterocycles. The molecule has 0 heterocycles. The van der Waals surface area contributed by atoms with Crippen LogP contribution in [-0.2, 0) is 0 Å². The molecule has 0 spiro atoms. The molecule has 1 aliphatic carbocycles. The van der Waals surface area contributed by atoms with Gasteiger partial charge in [-0.05, 0) is 18.8 Å². The Morgan fingerprint density at radius 1 is 1.62 bits per heavy atom. The molecule has 4 nitrogen and oxygen atoms in total. The van der Waals surface area contributed by atoms with Gasteiger partial charge in [-0.1, -0.05) is 12.2 Å². The molecular weight excluding hydrogens is 164 g/mol. The Labute approximate surface area is 79.0 Å². The zero-order chi connectivity index (χ0) is 9.84. The van der Waals surface area contributed by atoms with Crippen molar-refractivity contribution in [2.24, 2.45) is 5.10 Å². The Morgan fingerprint density at radius 2 is 2.31 bits per heavy atom. The number of nitrogens with one attached hydrogen (secondary N) is 1. The zero-order valence-corrected chi connectivity index (χ0v) is 8.07. The second kappa shape index (κ2) is 4.09. The Morgan fingerprint density at radius 3 is 2.85 bits per heavy atom. The van der Waals surface area contributed by atoms with E-state index in [1.54, 1.807) is 12.1 Å². The quantitative estimate of drug-likeness (QED) is 0.488. The van der Waals surface area contributed by atoms with Gasteiger partial charge in [-0.25, -0.2) is 0 Å². The summed E-state index contributed by atoms with van der Waals surface area (Å²) in [6.07, 6.45) is 6.77. The molecule has 0 fully saturated rings. The van der Waals surface area contributed by atoms with Crippen molar-refractivity contribution in [2.75, 3.05) is 14.1 Å². The molecule has 1 aliphatic rings. The molecule has 0 radical (unpaired) electrons. The third-order valence-electron chi connectivity index (χ3n) is 2.17. The van der Waals surface area contributed by atoms with Gasteiger partial charge in [0.25, 0.3) is 0 Å². The summed E-state index contributed by atoms with van der Waals surface area (Å²) in [5, 5.41) is 7.01. The highest BCUT2D eigenvalue weighted by Crippen LogP contribution is 2.18. The highest BCUT2D eigenvalue weighted by atomic mass is 15.4. The molecule has 0 saturated carbocycles. The Hall–Kier alpha value is -1.29. The molecule has 0 aromatic heterocycles. The Kier molecular flexibility index (Phi) is 3.08. The highest BCUT2D eigenvalue weighted by molar-refractivity contribution is 5.24. The molecule has 0 amide bonds. The van der Waals surface area contributed by atoms with Crippen LogP contribution in [-0.4, -0.2) is 36.9 Å². The van der Waals surface area contributed by atoms with Gasteiger partial charge in [0.1, 0.15) is 0 Å². The fraction of sp³-hybridized carbons (Fsp3) is 0.444. The topological polar surface area (TPSA) is 42.6 Å². The molecule has 0 aromatic carbocycles. The third kappa shape index (κ3) is 2.32. The Balaban J connectivity index is 2.64. The number of allylic oxidation sites excluding steroid dienone is 2. The van der Waals surface area contributed by atoms with E-state index in [2.05, 4.69) is 17.9 Å². The van der Waals surface area contributed by atoms with Crippen molar-refractivity contribution in [2.45, 2.75) is 12.5 Å². The van der Waals surface area contributed by atoms with Gasteiger partial charge in [0.05, 0.1) is 6.04 Å². The predicted octanol–water partition coefficient (Wildman–Crippen LogP) is 1.65. The fourth-order valence-corrected chi connectivity index (χ4v) is 1.26. The standard InChI is InChI=1S/C9H15N4/c1-11-13(3)9-6-4-5-8(7-9)12(2)10/h4-6,9-10H,1,7H2,2-3H3/q-1. The van der Waals surface area contributed by atoms with Crippen molar-refractivity contribution in [1.29, 1.82) is 0 Å². The summed E-state index contributed by atoms with van der Waals surface area (Å²) in [7, 11) is 3.61. The van der Waals surface area contributed by atoms with Crippen LogP contribution in [0.25, 0.3) is 5.84 Å². The van der Waals surface area contributed by atoms with E-state index in [9.17, 15) is 0 Å². The lowest BCUT2D eigenvalue weighted by Gasteiger charge is -2.33. The molecule has 0 aromatic rings. The molecule has 4 heteroatoms. The van der Waals surface area contributed by atoms with E-state index >= 15 is 0 Å². The largest absolute Gasteiger partial charge is 0.584 e. The summed E-state index contributed by atoms with van der Waals surface area (Å²) in [6, 6.07) is 0.227. The summed E-state index contributed by atoms with van der Waals surface area (Å²) in [6.45, 7) is 3.47. The van der Waals surface area contributed by atoms with Gasteiger partial charge in [-0.2, -0.15) is 5.10 Å². The first-order chi connectivity index (χ1) is 6.15. The van der Waals surface area contributed by atoms with E-state index in [-0.39, 0.29) is 6.04 Å². The van der Waals surface area contributed by atoms with Crippen LogP contribution in [0.5, 0.6) is 0 Å². The van der Waals surface area contributed by atoms with Gasteiger partial charge in [-0.3, -0.25) is 5.01 Å². The molecule has 1 N–H and O–H groups in total. The van der Waals surface area contributed by atoms with E-state index in [0.29, 0.717) is 0 Å². The number of likely N-dealkylation sites (N-methyl/N-ethyl adjacent to an activating group) is 1. The predicted molar refractivity (Wildman–Crippen MR) is 55.0 cm³/mol. The summed E-state index contributed by atoms with van der Waals surface area (Å²) >= 11 is 0. The second-order valence-electron chi connectivity index (χ2n) is 3.09. The third-order valence-corrected chi connectivity index (χ3v) is 2.17. The summed E-state index contributed by atoms with van der Waals surface area (Å²) < 4.78 is 0. The SMILES string of the molecule is C=NN(C)C1C=CC=C(N(C)[NH-])C1. The zero-order valence-electron chi connectivity index (χ0n) is 8.07.